The third-order valence-electron chi connectivity index (χ3n) is 7.23. The van der Waals surface area contributed by atoms with Crippen LogP contribution in [-0.4, -0.2) is 48.5 Å². The van der Waals surface area contributed by atoms with Gasteiger partial charge in [-0.3, -0.25) is 19.4 Å². The van der Waals surface area contributed by atoms with Gasteiger partial charge in [-0.05, 0) is 42.8 Å². The summed E-state index contributed by atoms with van der Waals surface area (Å²) in [7, 11) is -3.91. The van der Waals surface area contributed by atoms with Gasteiger partial charge >= 0.3 is 5.97 Å². The number of para-hydroxylation sites is 1. The average Bonchev–Trinajstić information content (AvgIpc) is 3.43. The first-order valence-corrected chi connectivity index (χ1v) is 15.4. The summed E-state index contributed by atoms with van der Waals surface area (Å²) in [5.74, 6) is -0.646. The standard InChI is InChI=1S/C32H29N5O6S/c1-21-17-29(35-43-21)36-44(40,41)24-13-11-23(12-14-24)33-30(38)20-42-32(39)31-25-9-5-6-10-27(25)34-28-15-16-37(19-26(28)31)18-22-7-3-2-4-8-22/h2-14,17H,15-16,18-20H2,1H3,(H,33,38)(H,35,36). The first kappa shape index (κ1) is 29.0. The van der Waals surface area contributed by atoms with E-state index in [0.717, 1.165) is 24.3 Å². The second kappa shape index (κ2) is 12.3. The summed E-state index contributed by atoms with van der Waals surface area (Å²) in [6.45, 7) is 3.19. The van der Waals surface area contributed by atoms with E-state index in [1.54, 1.807) is 6.92 Å². The van der Waals surface area contributed by atoms with Gasteiger partial charge in [-0.15, -0.1) is 0 Å². The lowest BCUT2D eigenvalue weighted by molar-refractivity contribution is -0.119. The first-order valence-electron chi connectivity index (χ1n) is 13.9. The number of hydrogen-bond donors (Lipinski definition) is 2. The molecule has 0 unspecified atom stereocenters. The first-order chi connectivity index (χ1) is 21.2. The predicted octanol–water partition coefficient (Wildman–Crippen LogP) is 4.69. The summed E-state index contributed by atoms with van der Waals surface area (Å²) >= 11 is 0. The highest BCUT2D eigenvalue weighted by Crippen LogP contribution is 2.29. The van der Waals surface area contributed by atoms with E-state index < -0.39 is 28.5 Å². The van der Waals surface area contributed by atoms with Crippen LogP contribution in [0.25, 0.3) is 10.9 Å². The van der Waals surface area contributed by atoms with Crippen LogP contribution >= 0.6 is 0 Å². The van der Waals surface area contributed by atoms with E-state index in [1.165, 1.54) is 35.9 Å². The number of pyridine rings is 1. The zero-order valence-corrected chi connectivity index (χ0v) is 24.6. The molecule has 0 radical (unpaired) electrons. The molecule has 224 valence electrons. The Hall–Kier alpha value is -5.07. The van der Waals surface area contributed by atoms with Crippen molar-refractivity contribution in [2.45, 2.75) is 31.3 Å². The summed E-state index contributed by atoms with van der Waals surface area (Å²) in [4.78, 5) is 33.3. The number of aromatic nitrogens is 2. The van der Waals surface area contributed by atoms with Gasteiger partial charge in [-0.25, -0.2) is 13.2 Å². The number of nitrogens with zero attached hydrogens (tertiary/aromatic N) is 3. The van der Waals surface area contributed by atoms with Crippen LogP contribution in [0.3, 0.4) is 0 Å². The second-order valence-corrected chi connectivity index (χ2v) is 12.1. The third-order valence-corrected chi connectivity index (χ3v) is 8.60. The van der Waals surface area contributed by atoms with Gasteiger partial charge in [-0.1, -0.05) is 53.7 Å². The molecule has 0 atom stereocenters. The molecule has 0 fully saturated rings. The fraction of sp³-hybridized carbons (Fsp3) is 0.188. The Bertz CT molecular complexity index is 1940. The highest BCUT2D eigenvalue weighted by atomic mass is 32.2. The number of amides is 1. The molecule has 0 aliphatic carbocycles. The maximum atomic E-state index is 13.5. The van der Waals surface area contributed by atoms with Gasteiger partial charge in [0.25, 0.3) is 15.9 Å². The number of benzene rings is 3. The summed E-state index contributed by atoms with van der Waals surface area (Å²) in [6.07, 6.45) is 0.688. The van der Waals surface area contributed by atoms with E-state index in [2.05, 4.69) is 32.2 Å². The molecular formula is C32H29N5O6S. The van der Waals surface area contributed by atoms with Crippen molar-refractivity contribution in [3.63, 3.8) is 0 Å². The third kappa shape index (κ3) is 6.46. The molecule has 1 aliphatic heterocycles. The Kier molecular flexibility index (Phi) is 8.09. The zero-order valence-electron chi connectivity index (χ0n) is 23.8. The lowest BCUT2D eigenvalue weighted by atomic mass is 9.95. The molecule has 2 aromatic heterocycles. The fourth-order valence-electron chi connectivity index (χ4n) is 5.18. The van der Waals surface area contributed by atoms with Gasteiger partial charge in [0.2, 0.25) is 0 Å². The molecule has 0 saturated carbocycles. The Labute approximate surface area is 253 Å². The molecule has 0 bridgehead atoms. The van der Waals surface area contributed by atoms with Gasteiger partial charge in [0.1, 0.15) is 5.76 Å². The van der Waals surface area contributed by atoms with Crippen molar-refractivity contribution in [3.05, 3.63) is 113 Å². The van der Waals surface area contributed by atoms with Crippen LogP contribution < -0.4 is 10.0 Å². The van der Waals surface area contributed by atoms with E-state index in [1.807, 2.05) is 42.5 Å². The Morgan fingerprint density at radius 2 is 1.75 bits per heavy atom. The topological polar surface area (TPSA) is 144 Å². The van der Waals surface area contributed by atoms with Crippen LogP contribution in [-0.2, 0) is 39.1 Å². The number of esters is 1. The van der Waals surface area contributed by atoms with Crippen molar-refractivity contribution < 1.29 is 27.3 Å². The van der Waals surface area contributed by atoms with Gasteiger partial charge in [-0.2, -0.15) is 0 Å². The van der Waals surface area contributed by atoms with Crippen LogP contribution in [0.1, 0.15) is 32.9 Å². The highest BCUT2D eigenvalue weighted by molar-refractivity contribution is 7.92. The monoisotopic (exact) mass is 611 g/mol. The van der Waals surface area contributed by atoms with Gasteiger partial charge < -0.3 is 14.6 Å². The SMILES string of the molecule is Cc1cc(NS(=O)(=O)c2ccc(NC(=O)COC(=O)c3c4c(nc5ccccc35)CCN(Cc3ccccc3)C4)cc2)no1. The summed E-state index contributed by atoms with van der Waals surface area (Å²) in [5, 5.41) is 6.94. The maximum Gasteiger partial charge on any atom is 0.339 e. The second-order valence-electron chi connectivity index (χ2n) is 10.5. The van der Waals surface area contributed by atoms with Crippen molar-refractivity contribution in [2.75, 3.05) is 23.2 Å². The highest BCUT2D eigenvalue weighted by Gasteiger charge is 2.27. The summed E-state index contributed by atoms with van der Waals surface area (Å²) in [6, 6.07) is 24.6. The smallest absolute Gasteiger partial charge is 0.339 e. The van der Waals surface area contributed by atoms with E-state index in [0.29, 0.717) is 40.9 Å². The molecule has 0 saturated heterocycles. The maximum absolute atomic E-state index is 13.5. The molecule has 2 N–H and O–H groups in total. The summed E-state index contributed by atoms with van der Waals surface area (Å²) < 4.78 is 38.0. The molecule has 12 heteroatoms. The van der Waals surface area contributed by atoms with Crippen LogP contribution in [0.5, 0.6) is 0 Å². The van der Waals surface area contributed by atoms with Crippen molar-refractivity contribution in [1.82, 2.24) is 15.0 Å². The molecule has 5 aromatic rings. The summed E-state index contributed by atoms with van der Waals surface area (Å²) in [5.41, 5.74) is 4.29. The number of nitrogens with one attached hydrogen (secondary N) is 2. The fourth-order valence-corrected chi connectivity index (χ4v) is 6.17. The van der Waals surface area contributed by atoms with Crippen molar-refractivity contribution in [2.24, 2.45) is 0 Å². The van der Waals surface area contributed by atoms with Gasteiger partial charge in [0, 0.05) is 54.5 Å². The normalized spacial score (nSPS) is 13.3. The molecule has 1 aliphatic rings. The van der Waals surface area contributed by atoms with Crippen molar-refractivity contribution in [1.29, 1.82) is 0 Å². The molecule has 1 amide bonds. The Morgan fingerprint density at radius 3 is 2.50 bits per heavy atom. The number of hydrogen-bond acceptors (Lipinski definition) is 9. The molecule has 3 aromatic carbocycles. The lowest BCUT2D eigenvalue weighted by Gasteiger charge is -2.30. The Balaban J connectivity index is 1.13. The van der Waals surface area contributed by atoms with Gasteiger partial charge in [0.05, 0.1) is 16.0 Å². The van der Waals surface area contributed by atoms with Crippen LogP contribution in [0.4, 0.5) is 11.5 Å². The number of carbonyl (C=O) groups excluding carboxylic acids is 2. The number of sulfonamides is 1. The minimum Gasteiger partial charge on any atom is -0.452 e. The molecule has 6 rings (SSSR count). The Morgan fingerprint density at radius 1 is 1.00 bits per heavy atom. The molecule has 11 nitrogen and oxygen atoms in total. The van der Waals surface area contributed by atoms with E-state index >= 15 is 0 Å². The van der Waals surface area contributed by atoms with E-state index in [9.17, 15) is 18.0 Å². The number of ether oxygens (including phenoxy) is 1. The van der Waals surface area contributed by atoms with Crippen LogP contribution in [0.15, 0.2) is 94.3 Å². The quantitative estimate of drug-likeness (QED) is 0.227. The van der Waals surface area contributed by atoms with Crippen LogP contribution in [0, 0.1) is 6.92 Å². The molecule has 3 heterocycles. The number of fused-ring (bicyclic) bond motifs is 2. The minimum absolute atomic E-state index is 0.0294. The van der Waals surface area contributed by atoms with Crippen LogP contribution in [0.2, 0.25) is 0 Å². The average molecular weight is 612 g/mol. The number of anilines is 2. The largest absolute Gasteiger partial charge is 0.452 e. The molecular weight excluding hydrogens is 582 g/mol. The number of rotatable bonds is 9. The van der Waals surface area contributed by atoms with Crippen molar-refractivity contribution >= 4 is 44.3 Å². The number of carbonyl (C=O) groups is 2. The van der Waals surface area contributed by atoms with Crippen molar-refractivity contribution in [3.8, 4) is 0 Å². The lowest BCUT2D eigenvalue weighted by Crippen LogP contribution is -2.32. The van der Waals surface area contributed by atoms with E-state index in [4.69, 9.17) is 14.2 Å². The van der Waals surface area contributed by atoms with E-state index in [-0.39, 0.29) is 10.7 Å². The zero-order chi connectivity index (χ0) is 30.7. The molecule has 0 spiro atoms. The number of aryl methyl sites for hydroxylation is 1. The van der Waals surface area contributed by atoms with Gasteiger partial charge in [0.15, 0.2) is 12.4 Å². The molecule has 44 heavy (non-hydrogen) atoms. The predicted molar refractivity (Wildman–Crippen MR) is 163 cm³/mol. The minimum atomic E-state index is -3.91.